The monoisotopic (exact) mass is 270 g/mol. The zero-order chi connectivity index (χ0) is 12.8. The van der Waals surface area contributed by atoms with E-state index in [9.17, 15) is 0 Å². The molecular formula is C12H19ClN4O. The molecule has 0 saturated carbocycles. The van der Waals surface area contributed by atoms with Crippen molar-refractivity contribution < 1.29 is 4.74 Å². The van der Waals surface area contributed by atoms with Crippen molar-refractivity contribution in [3.05, 3.63) is 17.0 Å². The van der Waals surface area contributed by atoms with E-state index in [1.807, 2.05) is 6.92 Å². The Hall–Kier alpha value is -0.910. The van der Waals surface area contributed by atoms with E-state index in [1.165, 1.54) is 0 Å². The third kappa shape index (κ3) is 4.08. The summed E-state index contributed by atoms with van der Waals surface area (Å²) in [6.45, 7) is 7.58. The first-order valence-corrected chi connectivity index (χ1v) is 6.66. The van der Waals surface area contributed by atoms with Crippen LogP contribution in [0.3, 0.4) is 0 Å². The Balaban J connectivity index is 1.69. The third-order valence-corrected chi connectivity index (χ3v) is 3.19. The molecule has 0 atom stereocenters. The Bertz CT molecular complexity index is 382. The molecule has 1 aliphatic rings. The smallest absolute Gasteiger partial charge is 0.148 e. The van der Waals surface area contributed by atoms with Crippen molar-refractivity contribution in [2.24, 2.45) is 0 Å². The van der Waals surface area contributed by atoms with Gasteiger partial charge in [0.05, 0.1) is 19.4 Å². The molecule has 0 aromatic carbocycles. The van der Waals surface area contributed by atoms with Gasteiger partial charge in [-0.2, -0.15) is 0 Å². The van der Waals surface area contributed by atoms with Gasteiger partial charge in [-0.25, -0.2) is 9.97 Å². The van der Waals surface area contributed by atoms with Crippen LogP contribution in [0.15, 0.2) is 6.20 Å². The van der Waals surface area contributed by atoms with E-state index in [0.29, 0.717) is 5.02 Å². The highest BCUT2D eigenvalue weighted by Crippen LogP contribution is 2.17. The maximum absolute atomic E-state index is 6.01. The zero-order valence-corrected chi connectivity index (χ0v) is 11.4. The predicted molar refractivity (Wildman–Crippen MR) is 72.1 cm³/mol. The van der Waals surface area contributed by atoms with Crippen molar-refractivity contribution in [2.45, 2.75) is 13.3 Å². The van der Waals surface area contributed by atoms with E-state index < -0.39 is 0 Å². The lowest BCUT2D eigenvalue weighted by atomic mass is 10.3. The van der Waals surface area contributed by atoms with E-state index in [-0.39, 0.29) is 0 Å². The minimum Gasteiger partial charge on any atom is -0.379 e. The summed E-state index contributed by atoms with van der Waals surface area (Å²) < 4.78 is 5.31. The van der Waals surface area contributed by atoms with Crippen molar-refractivity contribution in [3.8, 4) is 0 Å². The molecule has 0 aliphatic carbocycles. The molecule has 1 N–H and O–H groups in total. The van der Waals surface area contributed by atoms with Crippen LogP contribution in [-0.2, 0) is 4.74 Å². The number of ether oxygens (including phenoxy) is 1. The lowest BCUT2D eigenvalue weighted by Crippen LogP contribution is -2.37. The van der Waals surface area contributed by atoms with Crippen molar-refractivity contribution in [2.75, 3.05) is 44.7 Å². The molecule has 100 valence electrons. The first-order chi connectivity index (χ1) is 8.75. The number of morpholine rings is 1. The van der Waals surface area contributed by atoms with Gasteiger partial charge in [0.1, 0.15) is 16.7 Å². The van der Waals surface area contributed by atoms with Crippen molar-refractivity contribution >= 4 is 17.4 Å². The van der Waals surface area contributed by atoms with Gasteiger partial charge < -0.3 is 10.1 Å². The molecule has 0 spiro atoms. The van der Waals surface area contributed by atoms with Crippen LogP contribution in [0.1, 0.15) is 12.2 Å². The number of hydrogen-bond donors (Lipinski definition) is 1. The van der Waals surface area contributed by atoms with Gasteiger partial charge in [0.25, 0.3) is 0 Å². The van der Waals surface area contributed by atoms with Crippen molar-refractivity contribution in [3.63, 3.8) is 0 Å². The van der Waals surface area contributed by atoms with Crippen LogP contribution < -0.4 is 5.32 Å². The average molecular weight is 271 g/mol. The highest BCUT2D eigenvalue weighted by Gasteiger charge is 2.09. The van der Waals surface area contributed by atoms with Crippen molar-refractivity contribution in [1.82, 2.24) is 14.9 Å². The van der Waals surface area contributed by atoms with E-state index in [2.05, 4.69) is 20.2 Å². The molecule has 2 rings (SSSR count). The number of rotatable bonds is 5. The summed E-state index contributed by atoms with van der Waals surface area (Å²) in [7, 11) is 0. The number of aromatic nitrogens is 2. The van der Waals surface area contributed by atoms with Gasteiger partial charge in [0.15, 0.2) is 0 Å². The maximum Gasteiger partial charge on any atom is 0.148 e. The van der Waals surface area contributed by atoms with Gasteiger partial charge in [-0.05, 0) is 19.9 Å². The predicted octanol–water partition coefficient (Wildman–Crippen LogP) is 1.57. The maximum atomic E-state index is 6.01. The molecule has 5 nitrogen and oxygen atoms in total. The number of aryl methyl sites for hydroxylation is 1. The van der Waals surface area contributed by atoms with Gasteiger partial charge in [0.2, 0.25) is 0 Å². The molecule has 0 unspecified atom stereocenters. The lowest BCUT2D eigenvalue weighted by molar-refractivity contribution is 0.0378. The summed E-state index contributed by atoms with van der Waals surface area (Å²) in [5, 5.41) is 3.83. The second-order valence-corrected chi connectivity index (χ2v) is 4.76. The van der Waals surface area contributed by atoms with Crippen LogP contribution in [0.2, 0.25) is 5.02 Å². The Morgan fingerprint density at radius 3 is 3.00 bits per heavy atom. The number of hydrogen-bond acceptors (Lipinski definition) is 5. The molecule has 18 heavy (non-hydrogen) atoms. The molecule has 6 heteroatoms. The fourth-order valence-electron chi connectivity index (χ4n) is 1.91. The van der Waals surface area contributed by atoms with Crippen LogP contribution >= 0.6 is 11.6 Å². The van der Waals surface area contributed by atoms with Crippen LogP contribution in [-0.4, -0.2) is 54.3 Å². The Morgan fingerprint density at radius 1 is 1.44 bits per heavy atom. The average Bonchev–Trinajstić information content (AvgIpc) is 2.40. The molecule has 1 aliphatic heterocycles. The van der Waals surface area contributed by atoms with E-state index in [4.69, 9.17) is 16.3 Å². The summed E-state index contributed by atoms with van der Waals surface area (Å²) >= 11 is 6.01. The molecule has 1 aromatic rings. The minimum absolute atomic E-state index is 0.576. The van der Waals surface area contributed by atoms with Gasteiger partial charge in [0, 0.05) is 19.6 Å². The van der Waals surface area contributed by atoms with Gasteiger partial charge in [-0.1, -0.05) is 11.6 Å². The molecule has 2 heterocycles. The molecule has 0 radical (unpaired) electrons. The second kappa shape index (κ2) is 6.87. The van der Waals surface area contributed by atoms with E-state index >= 15 is 0 Å². The first kappa shape index (κ1) is 13.5. The Morgan fingerprint density at radius 2 is 2.22 bits per heavy atom. The quantitative estimate of drug-likeness (QED) is 0.823. The number of nitrogens with zero attached hydrogens (tertiary/aromatic N) is 3. The van der Waals surface area contributed by atoms with Crippen LogP contribution in [0.5, 0.6) is 0 Å². The summed E-state index contributed by atoms with van der Waals surface area (Å²) in [5.74, 6) is 1.46. The molecule has 1 saturated heterocycles. The normalized spacial score (nSPS) is 16.8. The largest absolute Gasteiger partial charge is 0.379 e. The van der Waals surface area contributed by atoms with E-state index in [0.717, 1.165) is 57.5 Å². The summed E-state index contributed by atoms with van der Waals surface area (Å²) in [4.78, 5) is 10.7. The molecule has 1 fully saturated rings. The fraction of sp³-hybridized carbons (Fsp3) is 0.667. The van der Waals surface area contributed by atoms with Crippen molar-refractivity contribution in [1.29, 1.82) is 0 Å². The second-order valence-electron chi connectivity index (χ2n) is 4.35. The van der Waals surface area contributed by atoms with E-state index in [1.54, 1.807) is 6.20 Å². The molecular weight excluding hydrogens is 252 g/mol. The minimum atomic E-state index is 0.576. The van der Waals surface area contributed by atoms with Gasteiger partial charge >= 0.3 is 0 Å². The summed E-state index contributed by atoms with van der Waals surface area (Å²) in [6.07, 6.45) is 2.70. The molecule has 0 bridgehead atoms. The lowest BCUT2D eigenvalue weighted by Gasteiger charge is -2.26. The van der Waals surface area contributed by atoms with Crippen LogP contribution in [0.4, 0.5) is 5.82 Å². The number of anilines is 1. The Labute approximate surface area is 113 Å². The zero-order valence-electron chi connectivity index (χ0n) is 10.7. The van der Waals surface area contributed by atoms with Gasteiger partial charge in [-0.15, -0.1) is 0 Å². The molecule has 1 aromatic heterocycles. The standard InChI is InChI=1S/C12H19ClN4O/c1-10-15-9-11(13)12(16-10)14-3-2-4-17-5-7-18-8-6-17/h9H,2-8H2,1H3,(H,14,15,16). The van der Waals surface area contributed by atoms with Crippen LogP contribution in [0.25, 0.3) is 0 Å². The number of nitrogens with one attached hydrogen (secondary N) is 1. The summed E-state index contributed by atoms with van der Waals surface area (Å²) in [5.41, 5.74) is 0. The van der Waals surface area contributed by atoms with Gasteiger partial charge in [-0.3, -0.25) is 4.90 Å². The summed E-state index contributed by atoms with van der Waals surface area (Å²) in [6, 6.07) is 0. The topological polar surface area (TPSA) is 50.3 Å². The third-order valence-electron chi connectivity index (χ3n) is 2.91. The number of halogens is 1. The fourth-order valence-corrected chi connectivity index (χ4v) is 2.07. The SMILES string of the molecule is Cc1ncc(Cl)c(NCCCN2CCOCC2)n1. The Kier molecular flexibility index (Phi) is 5.16. The molecule has 0 amide bonds. The first-order valence-electron chi connectivity index (χ1n) is 6.29. The highest BCUT2D eigenvalue weighted by molar-refractivity contribution is 6.32. The highest BCUT2D eigenvalue weighted by atomic mass is 35.5. The van der Waals surface area contributed by atoms with Crippen LogP contribution in [0, 0.1) is 6.92 Å².